The summed E-state index contributed by atoms with van der Waals surface area (Å²) < 4.78 is 6.83. The van der Waals surface area contributed by atoms with E-state index >= 15 is 0 Å². The summed E-state index contributed by atoms with van der Waals surface area (Å²) >= 11 is 0. The number of hydrogen-bond acceptors (Lipinski definition) is 4. The molecule has 5 nitrogen and oxygen atoms in total. The van der Waals surface area contributed by atoms with E-state index in [0.717, 1.165) is 5.69 Å². The molecule has 0 aliphatic carbocycles. The predicted molar refractivity (Wildman–Crippen MR) is 67.0 cm³/mol. The van der Waals surface area contributed by atoms with Gasteiger partial charge in [-0.2, -0.15) is 5.10 Å². The first-order valence-corrected chi connectivity index (χ1v) is 5.73. The number of aromatic nitrogens is 3. The van der Waals surface area contributed by atoms with Crippen molar-refractivity contribution in [3.63, 3.8) is 0 Å². The highest BCUT2D eigenvalue weighted by atomic mass is 16.5. The van der Waals surface area contributed by atoms with E-state index in [2.05, 4.69) is 10.1 Å². The van der Waals surface area contributed by atoms with Crippen molar-refractivity contribution < 1.29 is 9.53 Å². The molecule has 0 atom stereocenters. The maximum absolute atomic E-state index is 11.8. The van der Waals surface area contributed by atoms with Crippen LogP contribution in [-0.2, 0) is 11.8 Å². The van der Waals surface area contributed by atoms with E-state index < -0.39 is 0 Å². The Morgan fingerprint density at radius 3 is 2.72 bits per heavy atom. The Balaban J connectivity index is 2.28. The monoisotopic (exact) mass is 245 g/mol. The summed E-state index contributed by atoms with van der Waals surface area (Å²) in [7, 11) is 1.83. The third-order valence-electron chi connectivity index (χ3n) is 2.31. The molecule has 0 aliphatic rings. The summed E-state index contributed by atoms with van der Waals surface area (Å²) in [5.41, 5.74) is 1.88. The van der Waals surface area contributed by atoms with Gasteiger partial charge in [-0.15, -0.1) is 0 Å². The summed E-state index contributed by atoms with van der Waals surface area (Å²) in [5.74, 6) is -0.343. The average Bonchev–Trinajstić information content (AvgIpc) is 2.75. The third kappa shape index (κ3) is 2.74. The maximum Gasteiger partial charge on any atom is 0.338 e. The molecular weight excluding hydrogens is 230 g/mol. The van der Waals surface area contributed by atoms with Gasteiger partial charge in [-0.3, -0.25) is 9.67 Å². The minimum Gasteiger partial charge on any atom is -0.459 e. The molecule has 0 aliphatic heterocycles. The van der Waals surface area contributed by atoms with Crippen LogP contribution in [0.15, 0.2) is 30.6 Å². The van der Waals surface area contributed by atoms with Crippen LogP contribution in [0.25, 0.3) is 11.4 Å². The number of esters is 1. The van der Waals surface area contributed by atoms with Crippen LogP contribution in [0, 0.1) is 0 Å². The Labute approximate surface area is 105 Å². The topological polar surface area (TPSA) is 57.0 Å². The minimum atomic E-state index is -0.343. The van der Waals surface area contributed by atoms with Gasteiger partial charge in [0.05, 0.1) is 17.4 Å². The molecule has 2 aromatic rings. The highest BCUT2D eigenvalue weighted by Gasteiger charge is 2.11. The lowest BCUT2D eigenvalue weighted by Crippen LogP contribution is -2.11. The van der Waals surface area contributed by atoms with Gasteiger partial charge < -0.3 is 4.74 Å². The van der Waals surface area contributed by atoms with Crippen molar-refractivity contribution >= 4 is 5.97 Å². The van der Waals surface area contributed by atoms with E-state index in [9.17, 15) is 4.79 Å². The number of ether oxygens (including phenoxy) is 1. The summed E-state index contributed by atoms with van der Waals surface area (Å²) in [4.78, 5) is 16.0. The fourth-order valence-electron chi connectivity index (χ4n) is 1.53. The second kappa shape index (κ2) is 5.00. The van der Waals surface area contributed by atoms with Crippen molar-refractivity contribution in [3.8, 4) is 11.4 Å². The molecular formula is C13H15N3O2. The molecule has 0 radical (unpaired) electrons. The van der Waals surface area contributed by atoms with Gasteiger partial charge in [0, 0.05) is 19.4 Å². The van der Waals surface area contributed by atoms with E-state index in [1.54, 1.807) is 23.0 Å². The van der Waals surface area contributed by atoms with Crippen LogP contribution in [-0.4, -0.2) is 26.8 Å². The Kier molecular flexibility index (Phi) is 3.41. The quantitative estimate of drug-likeness (QED) is 0.776. The van der Waals surface area contributed by atoms with Gasteiger partial charge in [0.1, 0.15) is 5.69 Å². The van der Waals surface area contributed by atoms with Gasteiger partial charge in [-0.25, -0.2) is 4.79 Å². The molecule has 18 heavy (non-hydrogen) atoms. The molecule has 0 amide bonds. The number of rotatable bonds is 3. The van der Waals surface area contributed by atoms with E-state index in [-0.39, 0.29) is 12.1 Å². The Hall–Kier alpha value is -2.17. The van der Waals surface area contributed by atoms with Gasteiger partial charge in [0.15, 0.2) is 0 Å². The van der Waals surface area contributed by atoms with E-state index in [1.807, 2.05) is 33.2 Å². The largest absolute Gasteiger partial charge is 0.459 e. The fraction of sp³-hybridized carbons (Fsp3) is 0.308. The lowest BCUT2D eigenvalue weighted by molar-refractivity contribution is 0.0378. The molecule has 5 heteroatoms. The number of aryl methyl sites for hydroxylation is 1. The molecule has 0 bridgehead atoms. The molecule has 94 valence electrons. The zero-order valence-electron chi connectivity index (χ0n) is 10.6. The Bertz CT molecular complexity index is 561. The first-order chi connectivity index (χ1) is 8.56. The van der Waals surface area contributed by atoms with Crippen LogP contribution < -0.4 is 0 Å². The van der Waals surface area contributed by atoms with Crippen molar-refractivity contribution in [2.75, 3.05) is 0 Å². The second-order valence-corrected chi connectivity index (χ2v) is 4.26. The smallest absolute Gasteiger partial charge is 0.338 e. The SMILES string of the molecule is CC(C)OC(=O)c1ccnc(-c2ccn(C)n2)c1. The number of nitrogens with zero attached hydrogens (tertiary/aromatic N) is 3. The fourth-order valence-corrected chi connectivity index (χ4v) is 1.53. The molecule has 0 saturated heterocycles. The summed E-state index contributed by atoms with van der Waals surface area (Å²) in [5, 5.41) is 4.24. The zero-order valence-corrected chi connectivity index (χ0v) is 10.6. The standard InChI is InChI=1S/C13H15N3O2/c1-9(2)18-13(17)10-4-6-14-12(8-10)11-5-7-16(3)15-11/h4-9H,1-3H3. The molecule has 0 unspecified atom stereocenters. The molecule has 0 spiro atoms. The Morgan fingerprint density at radius 1 is 1.33 bits per heavy atom. The van der Waals surface area contributed by atoms with Crippen molar-refractivity contribution in [2.24, 2.45) is 7.05 Å². The number of carbonyl (C=O) groups excluding carboxylic acids is 1. The van der Waals surface area contributed by atoms with Gasteiger partial charge in [0.2, 0.25) is 0 Å². The van der Waals surface area contributed by atoms with Crippen LogP contribution >= 0.6 is 0 Å². The van der Waals surface area contributed by atoms with E-state index in [1.165, 1.54) is 0 Å². The average molecular weight is 245 g/mol. The van der Waals surface area contributed by atoms with Crippen molar-refractivity contribution in [3.05, 3.63) is 36.2 Å². The molecule has 2 heterocycles. The molecule has 0 N–H and O–H groups in total. The normalized spacial score (nSPS) is 10.7. The third-order valence-corrected chi connectivity index (χ3v) is 2.31. The van der Waals surface area contributed by atoms with Crippen LogP contribution in [0.5, 0.6) is 0 Å². The number of carbonyl (C=O) groups is 1. The van der Waals surface area contributed by atoms with Crippen LogP contribution in [0.2, 0.25) is 0 Å². The molecule has 0 fully saturated rings. The number of hydrogen-bond donors (Lipinski definition) is 0. The first-order valence-electron chi connectivity index (χ1n) is 5.73. The molecule has 0 aromatic carbocycles. The Morgan fingerprint density at radius 2 is 2.11 bits per heavy atom. The maximum atomic E-state index is 11.8. The first kappa shape index (κ1) is 12.3. The summed E-state index contributed by atoms with van der Waals surface area (Å²) in [6.07, 6.45) is 3.28. The van der Waals surface area contributed by atoms with Crippen LogP contribution in [0.1, 0.15) is 24.2 Å². The molecule has 2 rings (SSSR count). The van der Waals surface area contributed by atoms with E-state index in [4.69, 9.17) is 4.74 Å². The van der Waals surface area contributed by atoms with Crippen LogP contribution in [0.3, 0.4) is 0 Å². The second-order valence-electron chi connectivity index (χ2n) is 4.26. The van der Waals surface area contributed by atoms with Crippen molar-refractivity contribution in [1.82, 2.24) is 14.8 Å². The lowest BCUT2D eigenvalue weighted by Gasteiger charge is -2.07. The lowest BCUT2D eigenvalue weighted by atomic mass is 10.2. The van der Waals surface area contributed by atoms with Gasteiger partial charge >= 0.3 is 5.97 Å². The molecule has 2 aromatic heterocycles. The minimum absolute atomic E-state index is 0.135. The summed E-state index contributed by atoms with van der Waals surface area (Å²) in [6.45, 7) is 3.64. The highest BCUT2D eigenvalue weighted by molar-refractivity contribution is 5.90. The number of pyridine rings is 1. The van der Waals surface area contributed by atoms with Gasteiger partial charge in [-0.1, -0.05) is 0 Å². The van der Waals surface area contributed by atoms with E-state index in [0.29, 0.717) is 11.3 Å². The van der Waals surface area contributed by atoms with Crippen LogP contribution in [0.4, 0.5) is 0 Å². The van der Waals surface area contributed by atoms with Gasteiger partial charge in [0.25, 0.3) is 0 Å². The predicted octanol–water partition coefficient (Wildman–Crippen LogP) is 2.05. The van der Waals surface area contributed by atoms with Crippen molar-refractivity contribution in [2.45, 2.75) is 20.0 Å². The summed E-state index contributed by atoms with van der Waals surface area (Å²) in [6, 6.07) is 5.17. The zero-order chi connectivity index (χ0) is 13.1. The molecule has 0 saturated carbocycles. The highest BCUT2D eigenvalue weighted by Crippen LogP contribution is 2.16. The van der Waals surface area contributed by atoms with Crippen molar-refractivity contribution in [1.29, 1.82) is 0 Å². The van der Waals surface area contributed by atoms with Gasteiger partial charge in [-0.05, 0) is 32.0 Å².